The number of rotatable bonds is 6. The summed E-state index contributed by atoms with van der Waals surface area (Å²) in [5.74, 6) is 1.52. The van der Waals surface area contributed by atoms with Gasteiger partial charge in [-0.05, 0) is 48.4 Å². The fourth-order valence-electron chi connectivity index (χ4n) is 2.77. The summed E-state index contributed by atoms with van der Waals surface area (Å²) in [6.45, 7) is 2.41. The van der Waals surface area contributed by atoms with Gasteiger partial charge in [-0.15, -0.1) is 0 Å². The van der Waals surface area contributed by atoms with E-state index in [1.165, 1.54) is 6.26 Å². The van der Waals surface area contributed by atoms with Crippen LogP contribution in [-0.4, -0.2) is 14.7 Å². The Morgan fingerprint density at radius 1 is 1.04 bits per heavy atom. The number of halogens is 1. The molecule has 0 saturated carbocycles. The summed E-state index contributed by atoms with van der Waals surface area (Å²) < 4.78 is 29.0. The molecule has 0 spiro atoms. The summed E-state index contributed by atoms with van der Waals surface area (Å²) in [4.78, 5) is 0. The van der Waals surface area contributed by atoms with Crippen LogP contribution in [-0.2, 0) is 22.1 Å². The second-order valence-electron chi connectivity index (χ2n) is 6.26. The van der Waals surface area contributed by atoms with E-state index in [4.69, 9.17) is 16.0 Å². The summed E-state index contributed by atoms with van der Waals surface area (Å²) in [7, 11) is -3.07. The van der Waals surface area contributed by atoms with Crippen molar-refractivity contribution in [2.75, 3.05) is 11.6 Å². The Kier molecular flexibility index (Phi) is 5.39. The highest BCUT2D eigenvalue weighted by Gasteiger charge is 2.11. The molecule has 1 N–H and O–H groups in total. The zero-order valence-corrected chi connectivity index (χ0v) is 16.2. The Morgan fingerprint density at radius 2 is 1.81 bits per heavy atom. The van der Waals surface area contributed by atoms with Crippen molar-refractivity contribution in [3.63, 3.8) is 0 Å². The average molecular weight is 390 g/mol. The molecule has 3 aromatic rings. The van der Waals surface area contributed by atoms with Gasteiger partial charge in [0.05, 0.1) is 17.3 Å². The van der Waals surface area contributed by atoms with Gasteiger partial charge in [0.25, 0.3) is 0 Å². The lowest BCUT2D eigenvalue weighted by Crippen LogP contribution is -2.06. The zero-order valence-electron chi connectivity index (χ0n) is 14.6. The number of anilines is 1. The largest absolute Gasteiger partial charge is 0.459 e. The van der Waals surface area contributed by atoms with Gasteiger partial charge in [0, 0.05) is 17.5 Å². The standard InChI is InChI=1S/C20H20ClNO3S/c1-14-15(13-26(2,23)24)6-5-9-19(14)22-12-16-10-11-20(25-16)17-7-3-4-8-18(17)21/h3-11,22H,12-13H2,1-2H3. The fourth-order valence-corrected chi connectivity index (χ4v) is 3.88. The van der Waals surface area contributed by atoms with Gasteiger partial charge in [-0.1, -0.05) is 35.9 Å². The molecule has 0 fully saturated rings. The summed E-state index contributed by atoms with van der Waals surface area (Å²) in [5, 5.41) is 3.96. The van der Waals surface area contributed by atoms with Gasteiger partial charge in [-0.25, -0.2) is 8.42 Å². The molecule has 1 heterocycles. The van der Waals surface area contributed by atoms with E-state index in [1.54, 1.807) is 0 Å². The normalized spacial score (nSPS) is 11.5. The van der Waals surface area contributed by atoms with Crippen molar-refractivity contribution in [1.29, 1.82) is 0 Å². The van der Waals surface area contributed by atoms with Gasteiger partial charge >= 0.3 is 0 Å². The molecule has 0 bridgehead atoms. The van der Waals surface area contributed by atoms with Crippen LogP contribution in [0, 0.1) is 6.92 Å². The van der Waals surface area contributed by atoms with Crippen LogP contribution in [0.3, 0.4) is 0 Å². The van der Waals surface area contributed by atoms with Gasteiger partial charge in [0.1, 0.15) is 11.5 Å². The first-order valence-electron chi connectivity index (χ1n) is 8.17. The molecule has 2 aromatic carbocycles. The Hall–Kier alpha value is -2.24. The first kappa shape index (κ1) is 18.5. The highest BCUT2D eigenvalue weighted by molar-refractivity contribution is 7.89. The predicted octanol–water partition coefficient (Wildman–Crippen LogP) is 5.07. The third-order valence-corrected chi connectivity index (χ3v) is 5.28. The number of nitrogens with one attached hydrogen (secondary N) is 1. The predicted molar refractivity (Wildman–Crippen MR) is 106 cm³/mol. The van der Waals surface area contributed by atoms with Crippen LogP contribution < -0.4 is 5.32 Å². The molecule has 0 aliphatic heterocycles. The maximum Gasteiger partial charge on any atom is 0.151 e. The first-order chi connectivity index (χ1) is 12.3. The van der Waals surface area contributed by atoms with Gasteiger partial charge in [-0.2, -0.15) is 0 Å². The second kappa shape index (κ2) is 7.56. The fraction of sp³-hybridized carbons (Fsp3) is 0.200. The first-order valence-corrected chi connectivity index (χ1v) is 10.6. The van der Waals surface area contributed by atoms with Gasteiger partial charge in [-0.3, -0.25) is 0 Å². The third kappa shape index (κ3) is 4.48. The van der Waals surface area contributed by atoms with E-state index in [0.29, 0.717) is 11.6 Å². The molecule has 0 radical (unpaired) electrons. The second-order valence-corrected chi connectivity index (χ2v) is 8.81. The number of benzene rings is 2. The van der Waals surface area contributed by atoms with E-state index in [0.717, 1.165) is 33.9 Å². The van der Waals surface area contributed by atoms with Crippen molar-refractivity contribution in [2.24, 2.45) is 0 Å². The number of hydrogen-bond donors (Lipinski definition) is 1. The van der Waals surface area contributed by atoms with E-state index in [1.807, 2.05) is 61.5 Å². The summed E-state index contributed by atoms with van der Waals surface area (Å²) in [6, 6.07) is 17.0. The summed E-state index contributed by atoms with van der Waals surface area (Å²) in [6.07, 6.45) is 1.24. The Morgan fingerprint density at radius 3 is 2.54 bits per heavy atom. The van der Waals surface area contributed by atoms with Crippen molar-refractivity contribution in [3.8, 4) is 11.3 Å². The maximum absolute atomic E-state index is 11.6. The highest BCUT2D eigenvalue weighted by atomic mass is 35.5. The van der Waals surface area contributed by atoms with Crippen LogP contribution in [0.2, 0.25) is 5.02 Å². The molecular weight excluding hydrogens is 370 g/mol. The smallest absolute Gasteiger partial charge is 0.151 e. The molecule has 4 nitrogen and oxygen atoms in total. The molecule has 0 saturated heterocycles. The van der Waals surface area contributed by atoms with Gasteiger partial charge in [0.2, 0.25) is 0 Å². The monoisotopic (exact) mass is 389 g/mol. The van der Waals surface area contributed by atoms with Crippen LogP contribution in [0.4, 0.5) is 5.69 Å². The van der Waals surface area contributed by atoms with Crippen molar-refractivity contribution in [1.82, 2.24) is 0 Å². The maximum atomic E-state index is 11.6. The lowest BCUT2D eigenvalue weighted by atomic mass is 10.1. The van der Waals surface area contributed by atoms with Gasteiger partial charge in [0.15, 0.2) is 9.84 Å². The van der Waals surface area contributed by atoms with Crippen LogP contribution in [0.25, 0.3) is 11.3 Å². The molecule has 0 atom stereocenters. The molecule has 0 unspecified atom stereocenters. The molecule has 3 rings (SSSR count). The van der Waals surface area contributed by atoms with E-state index in [2.05, 4.69) is 5.32 Å². The van der Waals surface area contributed by atoms with Crippen LogP contribution in [0.1, 0.15) is 16.9 Å². The minimum Gasteiger partial charge on any atom is -0.459 e. The zero-order chi connectivity index (χ0) is 18.7. The Bertz CT molecular complexity index is 1030. The molecule has 1 aromatic heterocycles. The summed E-state index contributed by atoms with van der Waals surface area (Å²) in [5.41, 5.74) is 3.47. The Labute approximate surface area is 158 Å². The molecule has 0 aliphatic rings. The van der Waals surface area contributed by atoms with E-state index >= 15 is 0 Å². The van der Waals surface area contributed by atoms with Crippen LogP contribution in [0.5, 0.6) is 0 Å². The molecule has 6 heteroatoms. The van der Waals surface area contributed by atoms with Crippen molar-refractivity contribution < 1.29 is 12.8 Å². The lowest BCUT2D eigenvalue weighted by Gasteiger charge is -2.12. The minimum absolute atomic E-state index is 0.0335. The topological polar surface area (TPSA) is 59.3 Å². The molecule has 26 heavy (non-hydrogen) atoms. The van der Waals surface area contributed by atoms with E-state index in [-0.39, 0.29) is 5.75 Å². The number of hydrogen-bond acceptors (Lipinski definition) is 4. The lowest BCUT2D eigenvalue weighted by molar-refractivity contribution is 0.531. The van der Waals surface area contributed by atoms with Crippen molar-refractivity contribution in [3.05, 3.63) is 76.5 Å². The number of sulfone groups is 1. The van der Waals surface area contributed by atoms with Crippen molar-refractivity contribution >= 4 is 27.1 Å². The van der Waals surface area contributed by atoms with Crippen LogP contribution >= 0.6 is 11.6 Å². The molecule has 0 amide bonds. The van der Waals surface area contributed by atoms with E-state index in [9.17, 15) is 8.42 Å². The van der Waals surface area contributed by atoms with Crippen molar-refractivity contribution in [2.45, 2.75) is 19.2 Å². The van der Waals surface area contributed by atoms with Gasteiger partial charge < -0.3 is 9.73 Å². The summed E-state index contributed by atoms with van der Waals surface area (Å²) >= 11 is 6.21. The van der Waals surface area contributed by atoms with E-state index < -0.39 is 9.84 Å². The average Bonchev–Trinajstić information content (AvgIpc) is 3.03. The molecule has 136 valence electrons. The highest BCUT2D eigenvalue weighted by Crippen LogP contribution is 2.29. The third-order valence-electron chi connectivity index (χ3n) is 4.12. The van der Waals surface area contributed by atoms with Crippen LogP contribution in [0.15, 0.2) is 59.0 Å². The minimum atomic E-state index is -3.07. The number of furan rings is 1. The quantitative estimate of drug-likeness (QED) is 0.639. The molecule has 0 aliphatic carbocycles. The Balaban J connectivity index is 1.74. The molecular formula is C20H20ClNO3S. The SMILES string of the molecule is Cc1c(CS(C)(=O)=O)cccc1NCc1ccc(-c2ccccc2Cl)o1.